The van der Waals surface area contributed by atoms with E-state index in [1.807, 2.05) is 0 Å². The number of benzene rings is 1. The molecular formula is C11H9N3O5. The minimum atomic E-state index is -0.790. The van der Waals surface area contributed by atoms with Crippen molar-refractivity contribution in [3.63, 3.8) is 0 Å². The van der Waals surface area contributed by atoms with E-state index in [9.17, 15) is 20.0 Å². The van der Waals surface area contributed by atoms with Crippen LogP contribution in [0.15, 0.2) is 12.1 Å². The average molecular weight is 263 g/mol. The maximum atomic E-state index is 10.8. The van der Waals surface area contributed by atoms with Crippen LogP contribution in [0.2, 0.25) is 0 Å². The van der Waals surface area contributed by atoms with E-state index in [0.717, 1.165) is 25.3 Å². The Kier molecular flexibility index (Phi) is 4.05. The van der Waals surface area contributed by atoms with Gasteiger partial charge in [0.25, 0.3) is 0 Å². The van der Waals surface area contributed by atoms with E-state index in [4.69, 9.17) is 15.7 Å². The molecule has 98 valence electrons. The summed E-state index contributed by atoms with van der Waals surface area (Å²) in [6.45, 7) is 0. The second kappa shape index (κ2) is 5.50. The lowest BCUT2D eigenvalue weighted by atomic mass is 10.0. The first kappa shape index (κ1) is 14.0. The smallest absolute Gasteiger partial charge is 0.315 e. The van der Waals surface area contributed by atoms with Crippen molar-refractivity contribution in [2.24, 2.45) is 5.73 Å². The summed E-state index contributed by atoms with van der Waals surface area (Å²) in [6, 6.07) is 2.68. The van der Waals surface area contributed by atoms with Crippen molar-refractivity contribution in [1.29, 1.82) is 5.26 Å². The van der Waals surface area contributed by atoms with E-state index in [2.05, 4.69) is 0 Å². The Morgan fingerprint density at radius 3 is 2.74 bits per heavy atom. The van der Waals surface area contributed by atoms with Crippen molar-refractivity contribution in [1.82, 2.24) is 0 Å². The van der Waals surface area contributed by atoms with Gasteiger partial charge < -0.3 is 15.6 Å². The van der Waals surface area contributed by atoms with Crippen molar-refractivity contribution in [3.05, 3.63) is 33.4 Å². The van der Waals surface area contributed by atoms with E-state index in [1.165, 1.54) is 0 Å². The van der Waals surface area contributed by atoms with Gasteiger partial charge in [-0.2, -0.15) is 5.26 Å². The van der Waals surface area contributed by atoms with Gasteiger partial charge in [0.2, 0.25) is 11.7 Å². The van der Waals surface area contributed by atoms with Crippen molar-refractivity contribution >= 4 is 17.7 Å². The maximum Gasteiger partial charge on any atom is 0.315 e. The molecule has 0 unspecified atom stereocenters. The fourth-order valence-corrected chi connectivity index (χ4v) is 1.41. The molecule has 0 aliphatic heterocycles. The quantitative estimate of drug-likeness (QED) is 0.465. The average Bonchev–Trinajstić information content (AvgIpc) is 2.35. The van der Waals surface area contributed by atoms with E-state index in [-0.39, 0.29) is 11.1 Å². The highest BCUT2D eigenvalue weighted by Crippen LogP contribution is 2.40. The third-order valence-corrected chi connectivity index (χ3v) is 2.21. The molecule has 0 aliphatic rings. The molecule has 19 heavy (non-hydrogen) atoms. The summed E-state index contributed by atoms with van der Waals surface area (Å²) >= 11 is 0. The monoisotopic (exact) mass is 263 g/mol. The number of phenolic OH excluding ortho intramolecular Hbond substituents is 1. The number of rotatable bonds is 4. The normalized spacial score (nSPS) is 10.1. The number of nitrogens with zero attached hydrogens (tertiary/aromatic N) is 2. The first-order chi connectivity index (χ1) is 8.92. The number of ether oxygens (including phenoxy) is 1. The Morgan fingerprint density at radius 2 is 2.32 bits per heavy atom. The van der Waals surface area contributed by atoms with Crippen LogP contribution in [0.4, 0.5) is 5.69 Å². The number of nitrogens with two attached hydrogens (primary N) is 1. The number of amides is 1. The summed E-state index contributed by atoms with van der Waals surface area (Å²) in [5, 5.41) is 29.5. The highest BCUT2D eigenvalue weighted by molar-refractivity contribution is 5.91. The highest BCUT2D eigenvalue weighted by atomic mass is 16.6. The molecule has 3 N–H and O–H groups in total. The molecule has 0 saturated carbocycles. The number of carbonyl (C=O) groups is 1. The number of nitriles is 1. The lowest BCUT2D eigenvalue weighted by Crippen LogP contribution is -2.05. The predicted octanol–water partition coefficient (Wildman–Crippen LogP) is 0.679. The maximum absolute atomic E-state index is 10.8. The molecule has 1 aromatic rings. The van der Waals surface area contributed by atoms with Gasteiger partial charge in [0.1, 0.15) is 11.6 Å². The van der Waals surface area contributed by atoms with Crippen LogP contribution in [0.5, 0.6) is 11.5 Å². The molecule has 0 atom stereocenters. The molecule has 0 aromatic heterocycles. The van der Waals surface area contributed by atoms with Gasteiger partial charge in [-0.05, 0) is 6.08 Å². The van der Waals surface area contributed by atoms with Crippen LogP contribution in [0.25, 0.3) is 6.08 Å². The standard InChI is InChI=1S/C11H9N3O5/c1-19-11-8(14(17)18)4-6(2-3-9(13)15)7(5-12)10(11)16/h2-4,16H,1H3,(H2,13,15)/b3-2+. The van der Waals surface area contributed by atoms with Gasteiger partial charge in [0, 0.05) is 17.7 Å². The van der Waals surface area contributed by atoms with Gasteiger partial charge in [-0.15, -0.1) is 0 Å². The first-order valence-electron chi connectivity index (χ1n) is 4.88. The zero-order chi connectivity index (χ0) is 14.6. The molecule has 0 heterocycles. The topological polar surface area (TPSA) is 139 Å². The zero-order valence-electron chi connectivity index (χ0n) is 9.78. The van der Waals surface area contributed by atoms with Crippen LogP contribution >= 0.6 is 0 Å². The molecule has 8 nitrogen and oxygen atoms in total. The van der Waals surface area contributed by atoms with E-state index in [0.29, 0.717) is 0 Å². The molecule has 8 heteroatoms. The second-order valence-corrected chi connectivity index (χ2v) is 3.35. The molecular weight excluding hydrogens is 254 g/mol. The minimum Gasteiger partial charge on any atom is -0.503 e. The Morgan fingerprint density at radius 1 is 1.68 bits per heavy atom. The lowest BCUT2D eigenvalue weighted by molar-refractivity contribution is -0.385. The molecule has 1 aromatic carbocycles. The molecule has 0 fully saturated rings. The minimum absolute atomic E-state index is 0.00806. The van der Waals surface area contributed by atoms with Crippen LogP contribution < -0.4 is 10.5 Å². The van der Waals surface area contributed by atoms with Gasteiger partial charge in [-0.25, -0.2) is 0 Å². The highest BCUT2D eigenvalue weighted by Gasteiger charge is 2.24. The molecule has 1 amide bonds. The summed E-state index contributed by atoms with van der Waals surface area (Å²) in [5.41, 5.74) is 4.11. The number of nitro benzene ring substituents is 1. The van der Waals surface area contributed by atoms with Crippen molar-refractivity contribution < 1.29 is 19.6 Å². The van der Waals surface area contributed by atoms with Gasteiger partial charge in [0.15, 0.2) is 5.75 Å². The van der Waals surface area contributed by atoms with Gasteiger partial charge in [0.05, 0.1) is 12.0 Å². The van der Waals surface area contributed by atoms with E-state index in [1.54, 1.807) is 6.07 Å². The number of methoxy groups -OCH3 is 1. The fraction of sp³-hybridized carbons (Fsp3) is 0.0909. The number of hydrogen-bond acceptors (Lipinski definition) is 6. The third kappa shape index (κ3) is 2.78. The van der Waals surface area contributed by atoms with E-state index >= 15 is 0 Å². The Balaban J connectivity index is 3.60. The fourth-order valence-electron chi connectivity index (χ4n) is 1.41. The summed E-state index contributed by atoms with van der Waals surface area (Å²) < 4.78 is 4.70. The second-order valence-electron chi connectivity index (χ2n) is 3.35. The van der Waals surface area contributed by atoms with Crippen molar-refractivity contribution in [2.75, 3.05) is 7.11 Å². The van der Waals surface area contributed by atoms with Crippen molar-refractivity contribution in [3.8, 4) is 17.6 Å². The first-order valence-corrected chi connectivity index (χ1v) is 4.88. The predicted molar refractivity (Wildman–Crippen MR) is 64.3 cm³/mol. The SMILES string of the molecule is COc1c([N+](=O)[O-])cc(/C=C/C(N)=O)c(C#N)c1O. The van der Waals surface area contributed by atoms with Gasteiger partial charge in [-0.3, -0.25) is 14.9 Å². The molecule has 0 saturated heterocycles. The van der Waals surface area contributed by atoms with Gasteiger partial charge >= 0.3 is 5.69 Å². The largest absolute Gasteiger partial charge is 0.503 e. The Labute approximate surface area is 107 Å². The van der Waals surface area contributed by atoms with E-state index < -0.39 is 28.0 Å². The van der Waals surface area contributed by atoms with Crippen LogP contribution in [0.1, 0.15) is 11.1 Å². The lowest BCUT2D eigenvalue weighted by Gasteiger charge is -2.07. The zero-order valence-corrected chi connectivity index (χ0v) is 9.78. The van der Waals surface area contributed by atoms with Crippen LogP contribution in [-0.2, 0) is 4.79 Å². The number of aromatic hydroxyl groups is 1. The molecule has 0 bridgehead atoms. The van der Waals surface area contributed by atoms with Gasteiger partial charge in [-0.1, -0.05) is 0 Å². The Bertz CT molecular complexity index is 616. The van der Waals surface area contributed by atoms with Crippen molar-refractivity contribution in [2.45, 2.75) is 0 Å². The molecule has 0 radical (unpaired) electrons. The summed E-state index contributed by atoms with van der Waals surface area (Å²) in [4.78, 5) is 20.7. The number of hydrogen-bond donors (Lipinski definition) is 2. The molecule has 0 spiro atoms. The number of phenols is 1. The number of carbonyl (C=O) groups excluding carboxylic acids is 1. The third-order valence-electron chi connectivity index (χ3n) is 2.21. The summed E-state index contributed by atoms with van der Waals surface area (Å²) in [5.74, 6) is -1.87. The summed E-state index contributed by atoms with van der Waals surface area (Å²) in [7, 11) is 1.13. The Hall–Kier alpha value is -3.08. The molecule has 0 aliphatic carbocycles. The number of nitro groups is 1. The van der Waals surface area contributed by atoms with Crippen LogP contribution in [0.3, 0.4) is 0 Å². The van der Waals surface area contributed by atoms with Crippen LogP contribution in [-0.4, -0.2) is 23.0 Å². The molecule has 1 rings (SSSR count). The van der Waals surface area contributed by atoms with Crippen LogP contribution in [0, 0.1) is 21.4 Å². The summed E-state index contributed by atoms with van der Waals surface area (Å²) in [6.07, 6.45) is 2.03. The number of primary amides is 1.